The maximum Gasteiger partial charge on any atom is 0.273 e. The molecule has 0 radical (unpaired) electrons. The number of carbonyl (C=O) groups excluding carboxylic acids is 1. The van der Waals surface area contributed by atoms with Gasteiger partial charge >= 0.3 is 0 Å². The van der Waals surface area contributed by atoms with Gasteiger partial charge < -0.3 is 24.5 Å². The molecule has 0 unspecified atom stereocenters. The van der Waals surface area contributed by atoms with Crippen molar-refractivity contribution in [3.8, 4) is 17.4 Å². The smallest absolute Gasteiger partial charge is 0.273 e. The van der Waals surface area contributed by atoms with Gasteiger partial charge in [-0.15, -0.1) is 0 Å². The number of ether oxygens (including phenoxy) is 3. The number of aromatic amines is 1. The number of amides is 1. The van der Waals surface area contributed by atoms with Crippen LogP contribution in [0.25, 0.3) is 0 Å². The molecule has 0 spiro atoms. The largest absolute Gasteiger partial charge is 0.496 e. The lowest BCUT2D eigenvalue weighted by molar-refractivity contribution is 0.0940. The molecule has 1 heterocycles. The molecule has 0 fully saturated rings. The zero-order chi connectivity index (χ0) is 20.0. The molecular weight excluding hydrogens is 350 g/mol. The molecule has 0 saturated carbocycles. The van der Waals surface area contributed by atoms with Crippen LogP contribution in [0.5, 0.6) is 17.4 Å². The maximum absolute atomic E-state index is 12.6. The average molecular weight is 375 g/mol. The molecule has 146 valence electrons. The number of benzene rings is 1. The minimum Gasteiger partial charge on any atom is -0.496 e. The Hall–Kier alpha value is -3.03. The van der Waals surface area contributed by atoms with Crippen LogP contribution in [0, 0.1) is 5.92 Å². The normalized spacial score (nSPS) is 10.6. The zero-order valence-electron chi connectivity index (χ0n) is 16.2. The van der Waals surface area contributed by atoms with Gasteiger partial charge in [0.05, 0.1) is 33.4 Å². The monoisotopic (exact) mass is 375 g/mol. The van der Waals surface area contributed by atoms with Gasteiger partial charge in [-0.05, 0) is 24.5 Å². The van der Waals surface area contributed by atoms with Crippen molar-refractivity contribution >= 4 is 5.91 Å². The van der Waals surface area contributed by atoms with Crippen LogP contribution >= 0.6 is 0 Å². The number of rotatable bonds is 8. The van der Waals surface area contributed by atoms with Gasteiger partial charge in [-0.3, -0.25) is 9.59 Å². The first-order chi connectivity index (χ1) is 12.9. The van der Waals surface area contributed by atoms with Crippen molar-refractivity contribution in [3.05, 3.63) is 45.5 Å². The van der Waals surface area contributed by atoms with E-state index in [9.17, 15) is 9.59 Å². The van der Waals surface area contributed by atoms with Crippen LogP contribution in [0.1, 0.15) is 35.6 Å². The number of hydrogen-bond donors (Lipinski definition) is 2. The summed E-state index contributed by atoms with van der Waals surface area (Å²) in [4.78, 5) is 31.6. The molecule has 0 bridgehead atoms. The Kier molecular flexibility index (Phi) is 6.81. The SMILES string of the molecule is COc1cccc(OC)c1CNC(=O)c1[nH]c(=O)c(CC(C)C)nc1OC. The van der Waals surface area contributed by atoms with Gasteiger partial charge in [0, 0.05) is 0 Å². The van der Waals surface area contributed by atoms with Crippen LogP contribution < -0.4 is 25.1 Å². The number of hydrogen-bond acceptors (Lipinski definition) is 6. The summed E-state index contributed by atoms with van der Waals surface area (Å²) in [5.74, 6) is 0.984. The van der Waals surface area contributed by atoms with Crippen molar-refractivity contribution in [3.63, 3.8) is 0 Å². The summed E-state index contributed by atoms with van der Waals surface area (Å²) in [6, 6.07) is 5.34. The summed E-state index contributed by atoms with van der Waals surface area (Å²) in [5, 5.41) is 2.74. The van der Waals surface area contributed by atoms with Gasteiger partial charge in [-0.25, -0.2) is 4.98 Å². The minimum absolute atomic E-state index is 0.0242. The predicted molar refractivity (Wildman–Crippen MR) is 101 cm³/mol. The highest BCUT2D eigenvalue weighted by molar-refractivity contribution is 5.94. The van der Waals surface area contributed by atoms with Crippen LogP contribution in [0.15, 0.2) is 23.0 Å². The van der Waals surface area contributed by atoms with E-state index in [0.29, 0.717) is 29.2 Å². The van der Waals surface area contributed by atoms with Crippen molar-refractivity contribution in [2.24, 2.45) is 5.92 Å². The quantitative estimate of drug-likeness (QED) is 0.731. The van der Waals surface area contributed by atoms with E-state index < -0.39 is 11.5 Å². The lowest BCUT2D eigenvalue weighted by Gasteiger charge is -2.14. The first-order valence-electron chi connectivity index (χ1n) is 8.56. The number of aromatic nitrogens is 2. The van der Waals surface area contributed by atoms with E-state index in [1.165, 1.54) is 21.3 Å². The summed E-state index contributed by atoms with van der Waals surface area (Å²) < 4.78 is 15.8. The standard InChI is InChI=1S/C19H25N3O5/c1-11(2)9-13-17(23)22-16(19(21-13)27-5)18(24)20-10-12-14(25-3)7-6-8-15(12)26-4/h6-8,11H,9-10H2,1-5H3,(H,20,24)(H,22,23). The highest BCUT2D eigenvalue weighted by atomic mass is 16.5. The summed E-state index contributed by atoms with van der Waals surface area (Å²) >= 11 is 0. The molecule has 1 aromatic carbocycles. The van der Waals surface area contributed by atoms with Crippen LogP contribution in [0.3, 0.4) is 0 Å². The summed E-state index contributed by atoms with van der Waals surface area (Å²) in [6.45, 7) is 4.11. The predicted octanol–water partition coefficient (Wildman–Crippen LogP) is 1.92. The lowest BCUT2D eigenvalue weighted by Crippen LogP contribution is -2.29. The maximum atomic E-state index is 12.6. The number of carbonyl (C=O) groups is 1. The Bertz CT molecular complexity index is 839. The molecule has 0 atom stereocenters. The van der Waals surface area contributed by atoms with Crippen LogP contribution in [0.2, 0.25) is 0 Å². The average Bonchev–Trinajstić information content (AvgIpc) is 2.66. The first kappa shape index (κ1) is 20.3. The second-order valence-electron chi connectivity index (χ2n) is 6.32. The third kappa shape index (κ3) is 4.78. The fourth-order valence-electron chi connectivity index (χ4n) is 2.65. The van der Waals surface area contributed by atoms with E-state index in [1.807, 2.05) is 13.8 Å². The van der Waals surface area contributed by atoms with E-state index in [4.69, 9.17) is 14.2 Å². The van der Waals surface area contributed by atoms with Crippen LogP contribution in [-0.2, 0) is 13.0 Å². The van der Waals surface area contributed by atoms with Gasteiger partial charge in [0.1, 0.15) is 17.2 Å². The Morgan fingerprint density at radius 3 is 2.30 bits per heavy atom. The molecule has 0 aliphatic heterocycles. The molecule has 0 aliphatic rings. The van der Waals surface area contributed by atoms with Crippen LogP contribution in [0.4, 0.5) is 0 Å². The topological polar surface area (TPSA) is 103 Å². The van der Waals surface area contributed by atoms with Crippen molar-refractivity contribution in [2.75, 3.05) is 21.3 Å². The molecule has 27 heavy (non-hydrogen) atoms. The molecule has 2 aromatic rings. The van der Waals surface area contributed by atoms with Crippen molar-refractivity contribution in [1.29, 1.82) is 0 Å². The second kappa shape index (κ2) is 9.07. The minimum atomic E-state index is -0.513. The summed E-state index contributed by atoms with van der Waals surface area (Å²) in [7, 11) is 4.48. The molecular formula is C19H25N3O5. The van der Waals surface area contributed by atoms with E-state index >= 15 is 0 Å². The van der Waals surface area contributed by atoms with Gasteiger partial charge in [-0.1, -0.05) is 19.9 Å². The third-order valence-corrected chi connectivity index (χ3v) is 3.93. The van der Waals surface area contributed by atoms with Gasteiger partial charge in [-0.2, -0.15) is 0 Å². The highest BCUT2D eigenvalue weighted by Gasteiger charge is 2.19. The Labute approximate surface area is 157 Å². The molecule has 8 heteroatoms. The van der Waals surface area contributed by atoms with Crippen LogP contribution in [-0.4, -0.2) is 37.2 Å². The zero-order valence-corrected chi connectivity index (χ0v) is 16.2. The molecule has 8 nitrogen and oxygen atoms in total. The van der Waals surface area contributed by atoms with E-state index in [2.05, 4.69) is 15.3 Å². The lowest BCUT2D eigenvalue weighted by atomic mass is 10.1. The summed E-state index contributed by atoms with van der Waals surface area (Å²) in [6.07, 6.45) is 0.492. The van der Waals surface area contributed by atoms with Gasteiger partial charge in [0.2, 0.25) is 5.88 Å². The van der Waals surface area contributed by atoms with Gasteiger partial charge in [0.15, 0.2) is 5.69 Å². The molecule has 2 rings (SSSR count). The van der Waals surface area contributed by atoms with Crippen molar-refractivity contribution in [1.82, 2.24) is 15.3 Å². The summed E-state index contributed by atoms with van der Waals surface area (Å²) in [5.41, 5.74) is 0.597. The van der Waals surface area contributed by atoms with E-state index in [0.717, 1.165) is 0 Å². The number of H-pyrrole nitrogens is 1. The molecule has 1 amide bonds. The second-order valence-corrected chi connectivity index (χ2v) is 6.32. The fourth-order valence-corrected chi connectivity index (χ4v) is 2.65. The van der Waals surface area contributed by atoms with Gasteiger partial charge in [0.25, 0.3) is 11.5 Å². The third-order valence-electron chi connectivity index (χ3n) is 3.93. The van der Waals surface area contributed by atoms with E-state index in [1.54, 1.807) is 18.2 Å². The highest BCUT2D eigenvalue weighted by Crippen LogP contribution is 2.28. The number of nitrogens with one attached hydrogen (secondary N) is 2. The van der Waals surface area contributed by atoms with E-state index in [-0.39, 0.29) is 24.0 Å². The Morgan fingerprint density at radius 1 is 1.15 bits per heavy atom. The molecule has 2 N–H and O–H groups in total. The first-order valence-corrected chi connectivity index (χ1v) is 8.56. The number of methoxy groups -OCH3 is 3. The number of nitrogens with zero attached hydrogens (tertiary/aromatic N) is 1. The van der Waals surface area contributed by atoms with Crippen molar-refractivity contribution < 1.29 is 19.0 Å². The fraction of sp³-hybridized carbons (Fsp3) is 0.421. The molecule has 0 aliphatic carbocycles. The Balaban J connectivity index is 2.27. The van der Waals surface area contributed by atoms with Crippen molar-refractivity contribution in [2.45, 2.75) is 26.8 Å². The molecule has 0 saturated heterocycles. The Morgan fingerprint density at radius 2 is 1.78 bits per heavy atom. The molecule has 1 aromatic heterocycles.